The highest BCUT2D eigenvalue weighted by molar-refractivity contribution is 9.25. The Hall–Kier alpha value is 0.440. The summed E-state index contributed by atoms with van der Waals surface area (Å²) >= 11 is 7.40. The maximum atomic E-state index is 3.70. The third-order valence-corrected chi connectivity index (χ3v) is 4.88. The molecule has 0 bridgehead atoms. The van der Waals surface area contributed by atoms with Gasteiger partial charge in [0.2, 0.25) is 0 Å². The quantitative estimate of drug-likeness (QED) is 0.593. The average molecular weight is 278 g/mol. The molecule has 0 N–H and O–H groups in total. The summed E-state index contributed by atoms with van der Waals surface area (Å²) in [4.78, 5) is 0. The molecule has 2 rings (SSSR count). The second-order valence-electron chi connectivity index (χ2n) is 3.22. The molecule has 11 heavy (non-hydrogen) atoms. The fourth-order valence-corrected chi connectivity index (χ4v) is 3.47. The van der Waals surface area contributed by atoms with Crippen molar-refractivity contribution in [1.29, 1.82) is 0 Å². The van der Waals surface area contributed by atoms with Gasteiger partial charge >= 0.3 is 0 Å². The molecule has 0 aliphatic heterocycles. The van der Waals surface area contributed by atoms with Gasteiger partial charge in [-0.1, -0.05) is 56.2 Å². The Morgan fingerprint density at radius 2 is 1.45 bits per heavy atom. The number of alkyl halides is 2. The van der Waals surface area contributed by atoms with E-state index in [-0.39, 0.29) is 3.23 Å². The fraction of sp³-hybridized carbons (Fsp3) is 0.556. The molecule has 2 aliphatic rings. The number of halogens is 2. The van der Waals surface area contributed by atoms with E-state index in [2.05, 4.69) is 56.2 Å². The summed E-state index contributed by atoms with van der Waals surface area (Å²) in [5.41, 5.74) is 0. The molecule has 0 amide bonds. The standard InChI is InChI=1S/C9H10Br2/c10-9(11)7-5-3-1-2-4-6-8(7)9/h1-4,7-8H,5-6H2/b3-1-,4-2-. The number of fused-ring (bicyclic) bond motifs is 1. The molecule has 0 aromatic heterocycles. The zero-order valence-corrected chi connectivity index (χ0v) is 9.31. The van der Waals surface area contributed by atoms with Crippen LogP contribution in [0.2, 0.25) is 0 Å². The van der Waals surface area contributed by atoms with Crippen LogP contribution >= 0.6 is 31.9 Å². The van der Waals surface area contributed by atoms with Gasteiger partial charge in [-0.3, -0.25) is 0 Å². The Labute approximate surface area is 84.0 Å². The van der Waals surface area contributed by atoms with Gasteiger partial charge < -0.3 is 0 Å². The van der Waals surface area contributed by atoms with Crippen molar-refractivity contribution in [3.8, 4) is 0 Å². The summed E-state index contributed by atoms with van der Waals surface area (Å²) in [6, 6.07) is 0. The van der Waals surface area contributed by atoms with E-state index in [1.165, 1.54) is 12.8 Å². The van der Waals surface area contributed by atoms with Gasteiger partial charge in [-0.15, -0.1) is 0 Å². The molecule has 0 spiro atoms. The highest BCUT2D eigenvalue weighted by Gasteiger charge is 2.59. The van der Waals surface area contributed by atoms with Gasteiger partial charge in [0, 0.05) is 0 Å². The zero-order valence-electron chi connectivity index (χ0n) is 6.13. The van der Waals surface area contributed by atoms with E-state index in [4.69, 9.17) is 0 Å². The second kappa shape index (κ2) is 2.74. The minimum absolute atomic E-state index is 0.249. The lowest BCUT2D eigenvalue weighted by molar-refractivity contribution is 0.715. The summed E-state index contributed by atoms with van der Waals surface area (Å²) in [7, 11) is 0. The highest BCUT2D eigenvalue weighted by atomic mass is 79.9. The van der Waals surface area contributed by atoms with Gasteiger partial charge in [0.05, 0.1) is 3.23 Å². The molecule has 2 atom stereocenters. The molecular weight excluding hydrogens is 268 g/mol. The van der Waals surface area contributed by atoms with Crippen LogP contribution in [0.15, 0.2) is 24.3 Å². The summed E-state index contributed by atoms with van der Waals surface area (Å²) in [5, 5.41) is 0. The molecule has 1 fully saturated rings. The monoisotopic (exact) mass is 276 g/mol. The van der Waals surface area contributed by atoms with Gasteiger partial charge in [-0.05, 0) is 24.7 Å². The largest absolute Gasteiger partial charge is 0.0874 e. The van der Waals surface area contributed by atoms with Crippen molar-refractivity contribution >= 4 is 31.9 Å². The normalized spacial score (nSPS) is 44.9. The van der Waals surface area contributed by atoms with E-state index >= 15 is 0 Å². The van der Waals surface area contributed by atoms with Crippen LogP contribution < -0.4 is 0 Å². The SMILES string of the molecule is BrC1(Br)C2C/C=C\C=C/CC21. The van der Waals surface area contributed by atoms with Gasteiger partial charge in [-0.2, -0.15) is 0 Å². The molecule has 2 aliphatic carbocycles. The summed E-state index contributed by atoms with van der Waals surface area (Å²) in [6.07, 6.45) is 11.2. The topological polar surface area (TPSA) is 0 Å². The Morgan fingerprint density at radius 3 is 1.91 bits per heavy atom. The van der Waals surface area contributed by atoms with Crippen molar-refractivity contribution in [2.75, 3.05) is 0 Å². The van der Waals surface area contributed by atoms with Crippen molar-refractivity contribution in [3.63, 3.8) is 0 Å². The van der Waals surface area contributed by atoms with Gasteiger partial charge in [-0.25, -0.2) is 0 Å². The predicted molar refractivity (Wildman–Crippen MR) is 55.1 cm³/mol. The molecule has 2 unspecified atom stereocenters. The van der Waals surface area contributed by atoms with Crippen molar-refractivity contribution < 1.29 is 0 Å². The lowest BCUT2D eigenvalue weighted by Crippen LogP contribution is -1.86. The average Bonchev–Trinajstić information content (AvgIpc) is 2.29. The van der Waals surface area contributed by atoms with Gasteiger partial charge in [0.15, 0.2) is 0 Å². The number of allylic oxidation sites excluding steroid dienone is 4. The van der Waals surface area contributed by atoms with E-state index < -0.39 is 0 Å². The minimum atomic E-state index is 0.249. The first-order chi connectivity index (χ1) is 5.23. The molecule has 0 heterocycles. The Bertz CT molecular complexity index is 194. The van der Waals surface area contributed by atoms with Crippen LogP contribution in [0.1, 0.15) is 12.8 Å². The molecule has 0 radical (unpaired) electrons. The van der Waals surface area contributed by atoms with Gasteiger partial charge in [0.1, 0.15) is 0 Å². The van der Waals surface area contributed by atoms with E-state index in [0.29, 0.717) is 0 Å². The Morgan fingerprint density at radius 1 is 1.00 bits per heavy atom. The van der Waals surface area contributed by atoms with Crippen LogP contribution in [0, 0.1) is 11.8 Å². The molecule has 0 nitrogen and oxygen atoms in total. The van der Waals surface area contributed by atoms with Crippen LogP contribution in [-0.2, 0) is 0 Å². The lowest BCUT2D eigenvalue weighted by Gasteiger charge is -1.92. The first kappa shape index (κ1) is 8.06. The fourth-order valence-electron chi connectivity index (χ4n) is 1.71. The molecular formula is C9H10Br2. The zero-order chi connectivity index (χ0) is 7.90. The van der Waals surface area contributed by atoms with Crippen LogP contribution in [0.25, 0.3) is 0 Å². The third-order valence-electron chi connectivity index (χ3n) is 2.53. The van der Waals surface area contributed by atoms with Crippen LogP contribution in [0.4, 0.5) is 0 Å². The molecule has 60 valence electrons. The summed E-state index contributed by atoms with van der Waals surface area (Å²) in [5.74, 6) is 1.59. The molecule has 1 saturated carbocycles. The molecule has 2 heteroatoms. The van der Waals surface area contributed by atoms with Gasteiger partial charge in [0.25, 0.3) is 0 Å². The van der Waals surface area contributed by atoms with Crippen molar-refractivity contribution in [2.24, 2.45) is 11.8 Å². The maximum absolute atomic E-state index is 3.70. The third kappa shape index (κ3) is 1.35. The number of hydrogen-bond donors (Lipinski definition) is 0. The predicted octanol–water partition coefficient (Wildman–Crippen LogP) is 3.62. The van der Waals surface area contributed by atoms with Crippen molar-refractivity contribution in [2.45, 2.75) is 16.1 Å². The number of rotatable bonds is 0. The molecule has 0 saturated heterocycles. The van der Waals surface area contributed by atoms with Crippen molar-refractivity contribution in [3.05, 3.63) is 24.3 Å². The smallest absolute Gasteiger partial charge is 0.0842 e. The first-order valence-electron chi connectivity index (χ1n) is 3.92. The Kier molecular flexibility index (Phi) is 2.00. The minimum Gasteiger partial charge on any atom is -0.0842 e. The maximum Gasteiger partial charge on any atom is 0.0874 e. The van der Waals surface area contributed by atoms with Crippen LogP contribution in [0.3, 0.4) is 0 Å². The highest BCUT2D eigenvalue weighted by Crippen LogP contribution is 2.65. The van der Waals surface area contributed by atoms with E-state index in [1.54, 1.807) is 0 Å². The molecule has 0 aromatic rings. The van der Waals surface area contributed by atoms with E-state index in [0.717, 1.165) is 11.8 Å². The van der Waals surface area contributed by atoms with Crippen molar-refractivity contribution in [1.82, 2.24) is 0 Å². The molecule has 0 aromatic carbocycles. The van der Waals surface area contributed by atoms with Crippen LogP contribution in [0.5, 0.6) is 0 Å². The lowest BCUT2D eigenvalue weighted by atomic mass is 10.1. The first-order valence-corrected chi connectivity index (χ1v) is 5.51. The Balaban J connectivity index is 2.12. The van der Waals surface area contributed by atoms with Crippen LogP contribution in [-0.4, -0.2) is 3.23 Å². The second-order valence-corrected chi connectivity index (χ2v) is 6.90. The van der Waals surface area contributed by atoms with E-state index in [1.807, 2.05) is 0 Å². The number of hydrogen-bond acceptors (Lipinski definition) is 0. The van der Waals surface area contributed by atoms with E-state index in [9.17, 15) is 0 Å². The summed E-state index contributed by atoms with van der Waals surface area (Å²) in [6.45, 7) is 0. The summed E-state index contributed by atoms with van der Waals surface area (Å²) < 4.78 is 0.249.